The second kappa shape index (κ2) is 5.70. The lowest BCUT2D eigenvalue weighted by atomic mass is 10.2. The minimum Gasteiger partial charge on any atom is -0.462 e. The number of nitrogens with zero attached hydrogens (tertiary/aromatic N) is 1. The Kier molecular flexibility index (Phi) is 4.52. The fraction of sp³-hybridized carbons (Fsp3) is 0.455. The van der Waals surface area contributed by atoms with Gasteiger partial charge >= 0.3 is 12.1 Å². The van der Waals surface area contributed by atoms with E-state index < -0.39 is 18.7 Å². The molecule has 1 N–H and O–H groups in total. The highest BCUT2D eigenvalue weighted by Crippen LogP contribution is 2.20. The molecule has 1 aromatic heterocycles. The van der Waals surface area contributed by atoms with Gasteiger partial charge in [0.2, 0.25) is 0 Å². The third-order valence-corrected chi connectivity index (χ3v) is 2.02. The molecule has 0 aliphatic heterocycles. The predicted octanol–water partition coefficient (Wildman–Crippen LogP) is 2.54. The Morgan fingerprint density at radius 1 is 1.50 bits per heavy atom. The number of pyridine rings is 1. The molecule has 7 heteroatoms. The number of carbonyl (C=O) groups excluding carboxylic acids is 1. The van der Waals surface area contributed by atoms with Crippen molar-refractivity contribution in [3.05, 3.63) is 23.5 Å². The molecule has 0 spiro atoms. The Bertz CT molecular complexity index is 433. The first-order valence-electron chi connectivity index (χ1n) is 5.28. The molecule has 0 atom stereocenters. The number of alkyl halides is 3. The van der Waals surface area contributed by atoms with Gasteiger partial charge in [0.15, 0.2) is 0 Å². The quantitative estimate of drug-likeness (QED) is 0.847. The molecule has 1 aromatic rings. The van der Waals surface area contributed by atoms with Gasteiger partial charge in [0.25, 0.3) is 0 Å². The number of carbonyl (C=O) groups is 1. The molecule has 0 aromatic carbocycles. The molecule has 18 heavy (non-hydrogen) atoms. The normalized spacial score (nSPS) is 11.2. The van der Waals surface area contributed by atoms with Crippen molar-refractivity contribution >= 4 is 11.7 Å². The monoisotopic (exact) mass is 262 g/mol. The molecular weight excluding hydrogens is 249 g/mol. The maximum Gasteiger partial charge on any atom is 0.405 e. The van der Waals surface area contributed by atoms with E-state index >= 15 is 0 Å². The van der Waals surface area contributed by atoms with Gasteiger partial charge in [-0.3, -0.25) is 4.98 Å². The van der Waals surface area contributed by atoms with Crippen molar-refractivity contribution in [3.63, 3.8) is 0 Å². The summed E-state index contributed by atoms with van der Waals surface area (Å²) in [5.74, 6) is -0.699. The van der Waals surface area contributed by atoms with Gasteiger partial charge in [-0.05, 0) is 19.9 Å². The molecule has 0 fully saturated rings. The lowest BCUT2D eigenvalue weighted by molar-refractivity contribution is -0.115. The first-order chi connectivity index (χ1) is 8.33. The summed E-state index contributed by atoms with van der Waals surface area (Å²) >= 11 is 0. The first-order valence-corrected chi connectivity index (χ1v) is 5.28. The highest BCUT2D eigenvalue weighted by atomic mass is 19.4. The molecular formula is C11H13F3N2O2. The molecule has 0 aliphatic carbocycles. The number of anilines is 1. The molecule has 0 bridgehead atoms. The SMILES string of the molecule is CCOC(=O)c1cnc(C)cc1NCC(F)(F)F. The van der Waals surface area contributed by atoms with Gasteiger partial charge in [-0.15, -0.1) is 0 Å². The van der Waals surface area contributed by atoms with Crippen LogP contribution in [0.5, 0.6) is 0 Å². The highest BCUT2D eigenvalue weighted by Gasteiger charge is 2.27. The van der Waals surface area contributed by atoms with Crippen LogP contribution in [0.1, 0.15) is 23.0 Å². The number of rotatable bonds is 4. The maximum atomic E-state index is 12.1. The Balaban J connectivity index is 2.93. The van der Waals surface area contributed by atoms with E-state index in [0.717, 1.165) is 0 Å². The summed E-state index contributed by atoms with van der Waals surface area (Å²) in [4.78, 5) is 15.4. The maximum absolute atomic E-state index is 12.1. The smallest absolute Gasteiger partial charge is 0.405 e. The fourth-order valence-corrected chi connectivity index (χ4v) is 1.27. The van der Waals surface area contributed by atoms with E-state index in [9.17, 15) is 18.0 Å². The summed E-state index contributed by atoms with van der Waals surface area (Å²) < 4.78 is 41.1. The van der Waals surface area contributed by atoms with E-state index in [1.807, 2.05) is 0 Å². The van der Waals surface area contributed by atoms with Crippen LogP contribution in [0.15, 0.2) is 12.3 Å². The van der Waals surface area contributed by atoms with E-state index in [4.69, 9.17) is 4.74 Å². The number of esters is 1. The van der Waals surface area contributed by atoms with Crippen molar-refractivity contribution in [1.29, 1.82) is 0 Å². The van der Waals surface area contributed by atoms with Crippen LogP contribution in [0.2, 0.25) is 0 Å². The van der Waals surface area contributed by atoms with Crippen LogP contribution in [0.4, 0.5) is 18.9 Å². The molecule has 0 radical (unpaired) electrons. The van der Waals surface area contributed by atoms with Crippen molar-refractivity contribution in [2.45, 2.75) is 20.0 Å². The number of hydrogen-bond acceptors (Lipinski definition) is 4. The second-order valence-electron chi connectivity index (χ2n) is 3.56. The Labute approximate surface area is 102 Å². The first kappa shape index (κ1) is 14.3. The topological polar surface area (TPSA) is 51.2 Å². The van der Waals surface area contributed by atoms with Gasteiger partial charge in [0, 0.05) is 11.9 Å². The van der Waals surface area contributed by atoms with E-state index in [0.29, 0.717) is 5.69 Å². The molecule has 0 amide bonds. The number of halogens is 3. The largest absolute Gasteiger partial charge is 0.462 e. The molecule has 4 nitrogen and oxygen atoms in total. The molecule has 100 valence electrons. The Morgan fingerprint density at radius 3 is 2.72 bits per heavy atom. The highest BCUT2D eigenvalue weighted by molar-refractivity contribution is 5.95. The van der Waals surface area contributed by atoms with Crippen LogP contribution in [0.25, 0.3) is 0 Å². The van der Waals surface area contributed by atoms with Crippen LogP contribution in [-0.4, -0.2) is 30.3 Å². The summed E-state index contributed by atoms with van der Waals surface area (Å²) in [6, 6.07) is 1.37. The summed E-state index contributed by atoms with van der Waals surface area (Å²) in [6.07, 6.45) is -3.16. The van der Waals surface area contributed by atoms with Crippen molar-refractivity contribution in [3.8, 4) is 0 Å². The molecule has 0 aliphatic rings. The number of aromatic nitrogens is 1. The van der Waals surface area contributed by atoms with Crippen molar-refractivity contribution in [2.24, 2.45) is 0 Å². The second-order valence-corrected chi connectivity index (χ2v) is 3.56. The van der Waals surface area contributed by atoms with E-state index in [2.05, 4.69) is 10.3 Å². The van der Waals surface area contributed by atoms with Gasteiger partial charge < -0.3 is 10.1 Å². The van der Waals surface area contributed by atoms with Crippen molar-refractivity contribution in [1.82, 2.24) is 4.98 Å². The van der Waals surface area contributed by atoms with Crippen LogP contribution < -0.4 is 5.32 Å². The molecule has 0 unspecified atom stereocenters. The van der Waals surface area contributed by atoms with Crippen LogP contribution in [0.3, 0.4) is 0 Å². The zero-order valence-corrected chi connectivity index (χ0v) is 9.97. The fourth-order valence-electron chi connectivity index (χ4n) is 1.27. The molecule has 1 heterocycles. The summed E-state index contributed by atoms with van der Waals surface area (Å²) in [5.41, 5.74) is 0.567. The lowest BCUT2D eigenvalue weighted by Crippen LogP contribution is -2.23. The zero-order chi connectivity index (χ0) is 13.8. The minimum absolute atomic E-state index is 0.00769. The van der Waals surface area contributed by atoms with Crippen molar-refractivity contribution in [2.75, 3.05) is 18.5 Å². The van der Waals surface area contributed by atoms with Crippen molar-refractivity contribution < 1.29 is 22.7 Å². The van der Waals surface area contributed by atoms with Gasteiger partial charge in [0.05, 0.1) is 12.3 Å². The van der Waals surface area contributed by atoms with Gasteiger partial charge in [-0.2, -0.15) is 13.2 Å². The summed E-state index contributed by atoms with van der Waals surface area (Å²) in [7, 11) is 0. The minimum atomic E-state index is -4.36. The van der Waals surface area contributed by atoms with Gasteiger partial charge in [-0.25, -0.2) is 4.79 Å². The zero-order valence-electron chi connectivity index (χ0n) is 9.97. The van der Waals surface area contributed by atoms with Crippen LogP contribution in [0, 0.1) is 6.92 Å². The third-order valence-electron chi connectivity index (χ3n) is 2.02. The van der Waals surface area contributed by atoms with Crippen LogP contribution >= 0.6 is 0 Å². The molecule has 1 rings (SSSR count). The van der Waals surface area contributed by atoms with Gasteiger partial charge in [0.1, 0.15) is 12.1 Å². The van der Waals surface area contributed by atoms with Gasteiger partial charge in [-0.1, -0.05) is 0 Å². The predicted molar refractivity (Wildman–Crippen MR) is 59.5 cm³/mol. The number of hydrogen-bond donors (Lipinski definition) is 1. The third kappa shape index (κ3) is 4.23. The van der Waals surface area contributed by atoms with E-state index in [-0.39, 0.29) is 17.9 Å². The average Bonchev–Trinajstić information content (AvgIpc) is 2.25. The standard InChI is InChI=1S/C11H13F3N2O2/c1-3-18-10(17)8-5-15-7(2)4-9(8)16-6-11(12,13)14/h4-5H,3,6H2,1-2H3,(H,15,16). The summed E-state index contributed by atoms with van der Waals surface area (Å²) in [5, 5.41) is 2.17. The number of aryl methyl sites for hydroxylation is 1. The number of ether oxygens (including phenoxy) is 1. The van der Waals surface area contributed by atoms with Crippen LogP contribution in [-0.2, 0) is 4.74 Å². The molecule has 0 saturated heterocycles. The van der Waals surface area contributed by atoms with E-state index in [1.165, 1.54) is 12.3 Å². The Hall–Kier alpha value is -1.79. The lowest BCUT2D eigenvalue weighted by Gasteiger charge is -2.13. The summed E-state index contributed by atoms with van der Waals surface area (Å²) in [6.45, 7) is 2.16. The Morgan fingerprint density at radius 2 is 2.17 bits per heavy atom. The number of nitrogens with one attached hydrogen (secondary N) is 1. The average molecular weight is 262 g/mol. The molecule has 0 saturated carbocycles. The van der Waals surface area contributed by atoms with E-state index in [1.54, 1.807) is 13.8 Å².